The molecule has 0 bridgehead atoms. The number of hydrogen-bond acceptors (Lipinski definition) is 4. The Morgan fingerprint density at radius 3 is 2.30 bits per heavy atom. The van der Waals surface area contributed by atoms with Gasteiger partial charge in [0.1, 0.15) is 5.82 Å². The molecule has 1 amide bonds. The van der Waals surface area contributed by atoms with Crippen LogP contribution in [0, 0.1) is 5.82 Å². The van der Waals surface area contributed by atoms with E-state index in [0.717, 1.165) is 24.1 Å². The second-order valence-corrected chi connectivity index (χ2v) is 7.85. The van der Waals surface area contributed by atoms with Crippen molar-refractivity contribution in [3.63, 3.8) is 0 Å². The summed E-state index contributed by atoms with van der Waals surface area (Å²) in [6, 6.07) is 12.2. The summed E-state index contributed by atoms with van der Waals surface area (Å²) in [5, 5.41) is 6.24. The highest BCUT2D eigenvalue weighted by atomic mass is 35.5. The quantitative estimate of drug-likeness (QED) is 0.544. The van der Waals surface area contributed by atoms with Gasteiger partial charge < -0.3 is 20.1 Å². The monoisotopic (exact) mass is 438 g/mol. The molecule has 0 unspecified atom stereocenters. The van der Waals surface area contributed by atoms with Crippen molar-refractivity contribution in [3.05, 3.63) is 59.4 Å². The van der Waals surface area contributed by atoms with E-state index in [4.69, 9.17) is 9.47 Å². The average Bonchev–Trinajstić information content (AvgIpc) is 2.65. The molecule has 0 radical (unpaired) electrons. The maximum absolute atomic E-state index is 12.9. The molecule has 2 N–H and O–H groups in total. The molecular formula is C23H32ClFN2O3. The van der Waals surface area contributed by atoms with Crippen molar-refractivity contribution < 1.29 is 18.7 Å². The van der Waals surface area contributed by atoms with E-state index >= 15 is 0 Å². The van der Waals surface area contributed by atoms with Gasteiger partial charge in [-0.3, -0.25) is 4.79 Å². The van der Waals surface area contributed by atoms with Gasteiger partial charge in [0, 0.05) is 12.1 Å². The number of carbonyl (C=O) groups is 1. The first-order chi connectivity index (χ1) is 13.8. The summed E-state index contributed by atoms with van der Waals surface area (Å²) < 4.78 is 24.3. The van der Waals surface area contributed by atoms with Crippen molar-refractivity contribution in [2.24, 2.45) is 0 Å². The molecule has 0 spiro atoms. The molecule has 2 aromatic rings. The van der Waals surface area contributed by atoms with Gasteiger partial charge in [-0.05, 0) is 76.1 Å². The Kier molecular flexibility index (Phi) is 10.6. The van der Waals surface area contributed by atoms with Gasteiger partial charge in [-0.15, -0.1) is 12.4 Å². The molecule has 0 aliphatic heterocycles. The minimum Gasteiger partial charge on any atom is -0.490 e. The maximum atomic E-state index is 12.9. The molecule has 0 heterocycles. The second-order valence-electron chi connectivity index (χ2n) is 7.85. The molecule has 5 nitrogen and oxygen atoms in total. The van der Waals surface area contributed by atoms with E-state index in [1.807, 2.05) is 45.9 Å². The lowest BCUT2D eigenvalue weighted by Gasteiger charge is -2.21. The lowest BCUT2D eigenvalue weighted by atomic mass is 10.1. The van der Waals surface area contributed by atoms with Gasteiger partial charge in [0.2, 0.25) is 0 Å². The van der Waals surface area contributed by atoms with E-state index in [-0.39, 0.29) is 36.3 Å². The summed E-state index contributed by atoms with van der Waals surface area (Å²) in [7, 11) is 0. The van der Waals surface area contributed by atoms with Crippen LogP contribution < -0.4 is 20.1 Å². The number of benzene rings is 2. The van der Waals surface area contributed by atoms with E-state index in [2.05, 4.69) is 10.6 Å². The Balaban J connectivity index is 0.00000450. The van der Waals surface area contributed by atoms with Gasteiger partial charge >= 0.3 is 0 Å². The van der Waals surface area contributed by atoms with E-state index in [9.17, 15) is 9.18 Å². The van der Waals surface area contributed by atoms with Crippen LogP contribution in [-0.4, -0.2) is 31.2 Å². The summed E-state index contributed by atoms with van der Waals surface area (Å²) in [6.45, 7) is 9.58. The number of ether oxygens (including phenoxy) is 2. The predicted octanol–water partition coefficient (Wildman–Crippen LogP) is 4.27. The van der Waals surface area contributed by atoms with E-state index in [0.29, 0.717) is 24.7 Å². The summed E-state index contributed by atoms with van der Waals surface area (Å²) in [5.74, 6) is 0.773. The molecule has 0 atom stereocenters. The molecular weight excluding hydrogens is 407 g/mol. The highest BCUT2D eigenvalue weighted by molar-refractivity contribution is 5.85. The highest BCUT2D eigenvalue weighted by Crippen LogP contribution is 2.28. The third-order valence-electron chi connectivity index (χ3n) is 4.01. The maximum Gasteiger partial charge on any atom is 0.258 e. The van der Waals surface area contributed by atoms with Gasteiger partial charge in [-0.2, -0.15) is 0 Å². The zero-order valence-corrected chi connectivity index (χ0v) is 18.9. The number of hydrogen-bond donors (Lipinski definition) is 2. The number of amides is 1. The van der Waals surface area contributed by atoms with Crippen LogP contribution in [0.1, 0.15) is 38.8 Å². The molecule has 0 aromatic heterocycles. The second kappa shape index (κ2) is 12.4. The first kappa shape index (κ1) is 25.7. The molecule has 2 rings (SSSR count). The molecule has 0 aliphatic rings. The fraction of sp³-hybridized carbons (Fsp3) is 0.435. The average molecular weight is 439 g/mol. The van der Waals surface area contributed by atoms with Gasteiger partial charge in [-0.25, -0.2) is 4.39 Å². The van der Waals surface area contributed by atoms with Crippen molar-refractivity contribution in [1.82, 2.24) is 10.6 Å². The first-order valence-electron chi connectivity index (χ1n) is 9.91. The van der Waals surface area contributed by atoms with Crippen molar-refractivity contribution in [2.75, 3.05) is 19.8 Å². The van der Waals surface area contributed by atoms with E-state index < -0.39 is 0 Å². The fourth-order valence-electron chi connectivity index (χ4n) is 2.76. The van der Waals surface area contributed by atoms with E-state index in [1.165, 1.54) is 12.1 Å². The summed E-state index contributed by atoms with van der Waals surface area (Å²) in [6.07, 6.45) is 0.822. The van der Waals surface area contributed by atoms with Crippen molar-refractivity contribution in [3.8, 4) is 11.5 Å². The SMILES string of the molecule is CCOc1cc(CNCCc2ccc(F)cc2)ccc1OCC(=O)NC(C)(C)C.Cl. The van der Waals surface area contributed by atoms with Gasteiger partial charge in [-0.1, -0.05) is 18.2 Å². The molecule has 0 fully saturated rings. The molecule has 0 saturated carbocycles. The minimum absolute atomic E-state index is 0. The fourth-order valence-corrected chi connectivity index (χ4v) is 2.76. The van der Waals surface area contributed by atoms with Crippen LogP contribution in [0.15, 0.2) is 42.5 Å². The van der Waals surface area contributed by atoms with Crippen LogP contribution in [0.3, 0.4) is 0 Å². The molecule has 2 aromatic carbocycles. The molecule has 0 aliphatic carbocycles. The van der Waals surface area contributed by atoms with Crippen LogP contribution in [0.2, 0.25) is 0 Å². The van der Waals surface area contributed by atoms with Crippen molar-refractivity contribution in [1.29, 1.82) is 0 Å². The minimum atomic E-state index is -0.299. The third-order valence-corrected chi connectivity index (χ3v) is 4.01. The third kappa shape index (κ3) is 9.46. The van der Waals surface area contributed by atoms with Crippen molar-refractivity contribution in [2.45, 2.75) is 46.2 Å². The zero-order valence-electron chi connectivity index (χ0n) is 18.1. The van der Waals surface area contributed by atoms with Crippen LogP contribution >= 0.6 is 12.4 Å². The molecule has 166 valence electrons. The Hall–Kier alpha value is -2.31. The number of rotatable bonds is 10. The summed E-state index contributed by atoms with van der Waals surface area (Å²) >= 11 is 0. The molecule has 0 saturated heterocycles. The Bertz CT molecular complexity index is 792. The number of carbonyl (C=O) groups excluding carboxylic acids is 1. The number of nitrogens with one attached hydrogen (secondary N) is 2. The van der Waals surface area contributed by atoms with Gasteiger partial charge in [0.05, 0.1) is 6.61 Å². The first-order valence-corrected chi connectivity index (χ1v) is 9.91. The van der Waals surface area contributed by atoms with Gasteiger partial charge in [0.25, 0.3) is 5.91 Å². The normalized spacial score (nSPS) is 10.8. The zero-order chi connectivity index (χ0) is 21.3. The topological polar surface area (TPSA) is 59.6 Å². The largest absolute Gasteiger partial charge is 0.490 e. The smallest absolute Gasteiger partial charge is 0.258 e. The molecule has 7 heteroatoms. The predicted molar refractivity (Wildman–Crippen MR) is 120 cm³/mol. The van der Waals surface area contributed by atoms with Crippen LogP contribution in [0.5, 0.6) is 11.5 Å². The lowest BCUT2D eigenvalue weighted by molar-refractivity contribution is -0.124. The summed E-state index contributed by atoms with van der Waals surface area (Å²) in [4.78, 5) is 12.0. The van der Waals surface area contributed by atoms with Crippen LogP contribution in [0.25, 0.3) is 0 Å². The standard InChI is InChI=1S/C23H31FN2O3.ClH/c1-5-28-21-14-18(15-25-13-12-17-6-9-19(24)10-7-17)8-11-20(21)29-16-22(27)26-23(2,3)4;/h6-11,14,25H,5,12-13,15-16H2,1-4H3,(H,26,27);1H. The Morgan fingerprint density at radius 2 is 1.67 bits per heavy atom. The Morgan fingerprint density at radius 1 is 1.00 bits per heavy atom. The Labute approximate surface area is 184 Å². The highest BCUT2D eigenvalue weighted by Gasteiger charge is 2.15. The van der Waals surface area contributed by atoms with Gasteiger partial charge in [0.15, 0.2) is 18.1 Å². The lowest BCUT2D eigenvalue weighted by Crippen LogP contribution is -2.43. The number of halogens is 2. The van der Waals surface area contributed by atoms with Crippen LogP contribution in [0.4, 0.5) is 4.39 Å². The van der Waals surface area contributed by atoms with Crippen molar-refractivity contribution >= 4 is 18.3 Å². The summed E-state index contributed by atoms with van der Waals surface area (Å²) in [5.41, 5.74) is 1.84. The molecule has 30 heavy (non-hydrogen) atoms. The van der Waals surface area contributed by atoms with E-state index in [1.54, 1.807) is 12.1 Å². The van der Waals surface area contributed by atoms with Crippen LogP contribution in [-0.2, 0) is 17.8 Å².